The number of fused-ring (bicyclic) bond motifs is 3. The lowest BCUT2D eigenvalue weighted by atomic mass is 10.0. The fourth-order valence-corrected chi connectivity index (χ4v) is 3.71. The summed E-state index contributed by atoms with van der Waals surface area (Å²) in [5.74, 6) is 0. The second kappa shape index (κ2) is 6.69. The highest BCUT2D eigenvalue weighted by molar-refractivity contribution is 5.89. The van der Waals surface area contributed by atoms with Gasteiger partial charge in [-0.2, -0.15) is 0 Å². The van der Waals surface area contributed by atoms with Gasteiger partial charge in [0.25, 0.3) is 0 Å². The SMILES string of the molecule is C=CCN1CCc2c(c3cc(C)ccc3n2C=Cc2ccncc2)C1. The summed E-state index contributed by atoms with van der Waals surface area (Å²) in [6.07, 6.45) is 11.1. The van der Waals surface area contributed by atoms with Gasteiger partial charge in [-0.1, -0.05) is 17.7 Å². The molecule has 0 saturated heterocycles. The molecule has 3 heterocycles. The van der Waals surface area contributed by atoms with Crippen LogP contribution in [0.2, 0.25) is 0 Å². The molecule has 0 saturated carbocycles. The smallest absolute Gasteiger partial charge is 0.0528 e. The highest BCUT2D eigenvalue weighted by Crippen LogP contribution is 2.32. The van der Waals surface area contributed by atoms with Crippen molar-refractivity contribution in [3.05, 3.63) is 77.8 Å². The maximum atomic E-state index is 4.09. The fourth-order valence-electron chi connectivity index (χ4n) is 3.71. The van der Waals surface area contributed by atoms with E-state index in [1.807, 2.05) is 30.6 Å². The molecule has 3 heteroatoms. The number of aryl methyl sites for hydroxylation is 1. The lowest BCUT2D eigenvalue weighted by Gasteiger charge is -2.26. The first-order valence-electron chi connectivity index (χ1n) is 8.80. The molecule has 1 aromatic carbocycles. The minimum Gasteiger partial charge on any atom is -0.320 e. The van der Waals surface area contributed by atoms with Crippen LogP contribution in [-0.2, 0) is 13.0 Å². The van der Waals surface area contributed by atoms with Gasteiger partial charge in [0, 0.05) is 55.7 Å². The third-order valence-corrected chi connectivity index (χ3v) is 4.93. The van der Waals surface area contributed by atoms with Crippen LogP contribution in [0.15, 0.2) is 55.4 Å². The highest BCUT2D eigenvalue weighted by Gasteiger charge is 2.22. The van der Waals surface area contributed by atoms with Crippen molar-refractivity contribution in [3.63, 3.8) is 0 Å². The van der Waals surface area contributed by atoms with Crippen molar-refractivity contribution in [1.29, 1.82) is 0 Å². The van der Waals surface area contributed by atoms with Crippen molar-refractivity contribution < 1.29 is 0 Å². The molecule has 0 fully saturated rings. The molecule has 3 aromatic rings. The molecule has 4 rings (SSSR count). The molecule has 0 radical (unpaired) electrons. The number of pyridine rings is 1. The molecule has 0 N–H and O–H groups in total. The lowest BCUT2D eigenvalue weighted by Crippen LogP contribution is -2.30. The van der Waals surface area contributed by atoms with E-state index in [9.17, 15) is 0 Å². The van der Waals surface area contributed by atoms with Crippen LogP contribution in [0.25, 0.3) is 23.2 Å². The molecule has 0 amide bonds. The van der Waals surface area contributed by atoms with E-state index in [0.29, 0.717) is 0 Å². The summed E-state index contributed by atoms with van der Waals surface area (Å²) in [5, 5.41) is 1.38. The average molecular weight is 329 g/mol. The van der Waals surface area contributed by atoms with Crippen LogP contribution in [0, 0.1) is 6.92 Å². The Morgan fingerprint density at radius 2 is 2.04 bits per heavy atom. The first-order valence-corrected chi connectivity index (χ1v) is 8.80. The predicted molar refractivity (Wildman–Crippen MR) is 105 cm³/mol. The van der Waals surface area contributed by atoms with E-state index in [2.05, 4.69) is 58.4 Å². The van der Waals surface area contributed by atoms with Gasteiger partial charge in [0.05, 0.1) is 5.52 Å². The first-order chi connectivity index (χ1) is 12.3. The van der Waals surface area contributed by atoms with Gasteiger partial charge in [0.15, 0.2) is 0 Å². The number of hydrogen-bond acceptors (Lipinski definition) is 2. The number of nitrogens with zero attached hydrogens (tertiary/aromatic N) is 3. The molecule has 126 valence electrons. The molecule has 3 nitrogen and oxygen atoms in total. The van der Waals surface area contributed by atoms with E-state index in [0.717, 1.165) is 26.1 Å². The molecule has 2 aromatic heterocycles. The third kappa shape index (κ3) is 3.03. The van der Waals surface area contributed by atoms with E-state index in [1.54, 1.807) is 0 Å². The maximum absolute atomic E-state index is 4.09. The second-order valence-corrected chi connectivity index (χ2v) is 6.69. The largest absolute Gasteiger partial charge is 0.320 e. The van der Waals surface area contributed by atoms with Crippen molar-refractivity contribution in [2.24, 2.45) is 0 Å². The standard InChI is InChI=1S/C22H23N3/c1-3-12-24-13-9-22-20(16-24)19-15-17(2)4-5-21(19)25(22)14-8-18-6-10-23-11-7-18/h3-8,10-11,14-15H,1,9,12-13,16H2,2H3. The highest BCUT2D eigenvalue weighted by atomic mass is 15.1. The molecule has 0 bridgehead atoms. The Labute approximate surface area is 148 Å². The van der Waals surface area contributed by atoms with Crippen molar-refractivity contribution in [2.45, 2.75) is 19.9 Å². The molecule has 1 aliphatic rings. The summed E-state index contributed by atoms with van der Waals surface area (Å²) < 4.78 is 2.37. The van der Waals surface area contributed by atoms with E-state index in [4.69, 9.17) is 0 Å². The van der Waals surface area contributed by atoms with Crippen molar-refractivity contribution in [3.8, 4) is 0 Å². The molecule has 0 unspecified atom stereocenters. The summed E-state index contributed by atoms with van der Waals surface area (Å²) >= 11 is 0. The zero-order valence-electron chi connectivity index (χ0n) is 14.7. The van der Waals surface area contributed by atoms with Gasteiger partial charge in [-0.15, -0.1) is 6.58 Å². The Morgan fingerprint density at radius 1 is 1.20 bits per heavy atom. The number of benzene rings is 1. The summed E-state index contributed by atoms with van der Waals surface area (Å²) in [4.78, 5) is 6.56. The Hall–Kier alpha value is -2.65. The molecule has 0 spiro atoms. The minimum absolute atomic E-state index is 0.949. The zero-order chi connectivity index (χ0) is 17.2. The Morgan fingerprint density at radius 3 is 2.84 bits per heavy atom. The Kier molecular flexibility index (Phi) is 4.24. The predicted octanol–water partition coefficient (Wildman–Crippen LogP) is 4.52. The van der Waals surface area contributed by atoms with E-state index >= 15 is 0 Å². The van der Waals surface area contributed by atoms with E-state index in [1.165, 1.54) is 33.3 Å². The summed E-state index contributed by atoms with van der Waals surface area (Å²) in [7, 11) is 0. The van der Waals surface area contributed by atoms with Crippen LogP contribution >= 0.6 is 0 Å². The Balaban J connectivity index is 1.82. The van der Waals surface area contributed by atoms with Crippen molar-refractivity contribution in [1.82, 2.24) is 14.5 Å². The number of rotatable bonds is 4. The van der Waals surface area contributed by atoms with Gasteiger partial charge in [-0.05, 0) is 48.4 Å². The third-order valence-electron chi connectivity index (χ3n) is 4.93. The van der Waals surface area contributed by atoms with Crippen LogP contribution in [0.4, 0.5) is 0 Å². The number of hydrogen-bond donors (Lipinski definition) is 0. The van der Waals surface area contributed by atoms with Crippen molar-refractivity contribution >= 4 is 23.2 Å². The average Bonchev–Trinajstić information content (AvgIpc) is 2.94. The van der Waals surface area contributed by atoms with Crippen LogP contribution in [0.3, 0.4) is 0 Å². The van der Waals surface area contributed by atoms with E-state index in [-0.39, 0.29) is 0 Å². The van der Waals surface area contributed by atoms with Gasteiger partial charge in [0.1, 0.15) is 0 Å². The summed E-state index contributed by atoms with van der Waals surface area (Å²) in [6.45, 7) is 9.09. The summed E-state index contributed by atoms with van der Waals surface area (Å²) in [6, 6.07) is 10.8. The quantitative estimate of drug-likeness (QED) is 0.656. The molecule has 0 aliphatic carbocycles. The molecule has 1 aliphatic heterocycles. The zero-order valence-corrected chi connectivity index (χ0v) is 14.7. The van der Waals surface area contributed by atoms with Crippen LogP contribution in [-0.4, -0.2) is 27.5 Å². The van der Waals surface area contributed by atoms with E-state index < -0.39 is 0 Å². The summed E-state index contributed by atoms with van der Waals surface area (Å²) in [5.41, 5.74) is 6.67. The van der Waals surface area contributed by atoms with Gasteiger partial charge in [-0.25, -0.2) is 0 Å². The lowest BCUT2D eigenvalue weighted by molar-refractivity contribution is 0.281. The van der Waals surface area contributed by atoms with Gasteiger partial charge >= 0.3 is 0 Å². The molecular weight excluding hydrogens is 306 g/mol. The maximum Gasteiger partial charge on any atom is 0.0528 e. The van der Waals surface area contributed by atoms with Gasteiger partial charge in [0.2, 0.25) is 0 Å². The topological polar surface area (TPSA) is 21.1 Å². The van der Waals surface area contributed by atoms with Gasteiger partial charge < -0.3 is 4.57 Å². The van der Waals surface area contributed by atoms with Crippen LogP contribution in [0.5, 0.6) is 0 Å². The van der Waals surface area contributed by atoms with Crippen LogP contribution < -0.4 is 0 Å². The molecule has 0 atom stereocenters. The Bertz CT molecular complexity index is 935. The normalized spacial score (nSPS) is 14.9. The monoisotopic (exact) mass is 329 g/mol. The van der Waals surface area contributed by atoms with Crippen molar-refractivity contribution in [2.75, 3.05) is 13.1 Å². The number of aromatic nitrogens is 2. The first kappa shape index (κ1) is 15.9. The molecule has 25 heavy (non-hydrogen) atoms. The van der Waals surface area contributed by atoms with Crippen LogP contribution in [0.1, 0.15) is 22.4 Å². The fraction of sp³-hybridized carbons (Fsp3) is 0.227. The second-order valence-electron chi connectivity index (χ2n) is 6.69. The molecular formula is C22H23N3. The minimum atomic E-state index is 0.949. The van der Waals surface area contributed by atoms with Gasteiger partial charge in [-0.3, -0.25) is 9.88 Å².